The van der Waals surface area contributed by atoms with E-state index in [-0.39, 0.29) is 12.0 Å². The average Bonchev–Trinajstić information content (AvgIpc) is 3.22. The molecule has 1 saturated heterocycles. The van der Waals surface area contributed by atoms with Crippen LogP contribution in [0, 0.1) is 0 Å². The van der Waals surface area contributed by atoms with E-state index in [0.717, 1.165) is 47.6 Å². The first-order valence-corrected chi connectivity index (χ1v) is 9.77. The third-order valence-electron chi connectivity index (χ3n) is 5.24. The molecule has 1 atom stereocenters. The fourth-order valence-corrected chi connectivity index (χ4v) is 3.70. The first kappa shape index (κ1) is 20.2. The topological polar surface area (TPSA) is 51.4 Å². The van der Waals surface area contributed by atoms with Gasteiger partial charge in [-0.15, -0.1) is 0 Å². The largest absolute Gasteiger partial charge is 0.472 e. The van der Waals surface area contributed by atoms with Crippen molar-refractivity contribution < 1.29 is 17.9 Å². The van der Waals surface area contributed by atoms with E-state index in [4.69, 9.17) is 10.5 Å². The molecule has 0 aliphatic carbocycles. The molecule has 1 fully saturated rings. The third kappa shape index (κ3) is 4.41. The highest BCUT2D eigenvalue weighted by molar-refractivity contribution is 5.69. The van der Waals surface area contributed by atoms with Crippen LogP contribution in [0.5, 0.6) is 5.88 Å². The number of halogens is 3. The van der Waals surface area contributed by atoms with Crippen LogP contribution >= 0.6 is 0 Å². The predicted molar refractivity (Wildman–Crippen MR) is 110 cm³/mol. The van der Waals surface area contributed by atoms with Crippen LogP contribution in [-0.4, -0.2) is 24.2 Å². The Morgan fingerprint density at radius 2 is 1.83 bits per heavy atom. The Labute approximate surface area is 173 Å². The van der Waals surface area contributed by atoms with Crippen LogP contribution in [0.3, 0.4) is 0 Å². The van der Waals surface area contributed by atoms with E-state index in [1.807, 2.05) is 18.2 Å². The Hall–Kier alpha value is -3.06. The summed E-state index contributed by atoms with van der Waals surface area (Å²) >= 11 is 0. The van der Waals surface area contributed by atoms with Crippen molar-refractivity contribution in [1.29, 1.82) is 0 Å². The molecular formula is C23H22F3N3O. The minimum absolute atomic E-state index is 0.145. The highest BCUT2D eigenvalue weighted by Gasteiger charge is 2.31. The maximum absolute atomic E-state index is 12.7. The van der Waals surface area contributed by atoms with Crippen molar-refractivity contribution in [1.82, 2.24) is 4.98 Å². The number of benzene rings is 2. The smallest absolute Gasteiger partial charge is 0.417 e. The molecule has 0 unspecified atom stereocenters. The summed E-state index contributed by atoms with van der Waals surface area (Å²) < 4.78 is 43.8. The summed E-state index contributed by atoms with van der Waals surface area (Å²) in [5.41, 5.74) is 9.58. The molecule has 0 radical (unpaired) electrons. The zero-order valence-electron chi connectivity index (χ0n) is 16.3. The lowest BCUT2D eigenvalue weighted by atomic mass is 10.0. The van der Waals surface area contributed by atoms with Gasteiger partial charge in [0.15, 0.2) is 0 Å². The predicted octanol–water partition coefficient (Wildman–Crippen LogP) is 4.88. The fourth-order valence-electron chi connectivity index (χ4n) is 3.70. The Kier molecular flexibility index (Phi) is 5.63. The van der Waals surface area contributed by atoms with Crippen LogP contribution in [0.25, 0.3) is 11.1 Å². The van der Waals surface area contributed by atoms with Gasteiger partial charge in [0.2, 0.25) is 5.88 Å². The van der Waals surface area contributed by atoms with Gasteiger partial charge < -0.3 is 15.4 Å². The highest BCUT2D eigenvalue weighted by atomic mass is 19.4. The van der Waals surface area contributed by atoms with Crippen molar-refractivity contribution in [3.8, 4) is 17.0 Å². The number of nitrogens with zero attached hydrogens (tertiary/aromatic N) is 2. The molecule has 2 N–H and O–H groups in total. The molecular weight excluding hydrogens is 391 g/mol. The fraction of sp³-hybridized carbons (Fsp3) is 0.261. The SMILES string of the molecule is NCc1cc(-c2ccccc2)ccc1N1CC[C@H](Oc2ccc(C(F)(F)F)cn2)C1. The van der Waals surface area contributed by atoms with Crippen LogP contribution < -0.4 is 15.4 Å². The maximum Gasteiger partial charge on any atom is 0.417 e. The minimum Gasteiger partial charge on any atom is -0.472 e. The van der Waals surface area contributed by atoms with E-state index in [1.54, 1.807) is 0 Å². The summed E-state index contributed by atoms with van der Waals surface area (Å²) in [5, 5.41) is 0. The number of nitrogens with two attached hydrogens (primary N) is 1. The summed E-state index contributed by atoms with van der Waals surface area (Å²) in [6.45, 7) is 1.82. The van der Waals surface area contributed by atoms with Crippen molar-refractivity contribution in [3.63, 3.8) is 0 Å². The van der Waals surface area contributed by atoms with Gasteiger partial charge in [-0.1, -0.05) is 36.4 Å². The van der Waals surface area contributed by atoms with Gasteiger partial charge in [0.1, 0.15) is 6.10 Å². The molecule has 4 nitrogen and oxygen atoms in total. The summed E-state index contributed by atoms with van der Waals surface area (Å²) in [7, 11) is 0. The van der Waals surface area contributed by atoms with Gasteiger partial charge in [0.25, 0.3) is 0 Å². The minimum atomic E-state index is -4.40. The number of hydrogen-bond donors (Lipinski definition) is 1. The maximum atomic E-state index is 12.7. The van der Waals surface area contributed by atoms with E-state index >= 15 is 0 Å². The Balaban J connectivity index is 1.45. The first-order valence-electron chi connectivity index (χ1n) is 9.77. The normalized spacial score (nSPS) is 16.7. The number of hydrogen-bond acceptors (Lipinski definition) is 4. The van der Waals surface area contributed by atoms with E-state index in [9.17, 15) is 13.2 Å². The third-order valence-corrected chi connectivity index (χ3v) is 5.24. The van der Waals surface area contributed by atoms with E-state index in [0.29, 0.717) is 13.1 Å². The number of pyridine rings is 1. The van der Waals surface area contributed by atoms with E-state index in [1.165, 1.54) is 6.07 Å². The van der Waals surface area contributed by atoms with Gasteiger partial charge in [-0.05, 0) is 34.9 Å². The average molecular weight is 413 g/mol. The number of rotatable bonds is 5. The van der Waals surface area contributed by atoms with Crippen LogP contribution in [0.15, 0.2) is 66.9 Å². The quantitative estimate of drug-likeness (QED) is 0.648. The van der Waals surface area contributed by atoms with Gasteiger partial charge in [-0.25, -0.2) is 4.98 Å². The van der Waals surface area contributed by atoms with Crippen molar-refractivity contribution in [2.45, 2.75) is 25.2 Å². The van der Waals surface area contributed by atoms with Gasteiger partial charge in [0, 0.05) is 37.5 Å². The molecule has 2 heterocycles. The molecule has 3 aromatic rings. The Morgan fingerprint density at radius 1 is 1.03 bits per heavy atom. The summed E-state index contributed by atoms with van der Waals surface area (Å²) in [5.74, 6) is 0.202. The number of aromatic nitrogens is 1. The lowest BCUT2D eigenvalue weighted by Gasteiger charge is -2.22. The molecule has 156 valence electrons. The summed E-state index contributed by atoms with van der Waals surface area (Å²) in [4.78, 5) is 6.00. The lowest BCUT2D eigenvalue weighted by Crippen LogP contribution is -2.26. The van der Waals surface area contributed by atoms with Crippen LogP contribution in [0.1, 0.15) is 17.5 Å². The van der Waals surface area contributed by atoms with Crippen LogP contribution in [0.2, 0.25) is 0 Å². The first-order chi connectivity index (χ1) is 14.4. The lowest BCUT2D eigenvalue weighted by molar-refractivity contribution is -0.137. The molecule has 0 spiro atoms. The summed E-state index contributed by atoms with van der Waals surface area (Å²) in [6.07, 6.45) is -2.99. The molecule has 30 heavy (non-hydrogen) atoms. The second-order valence-electron chi connectivity index (χ2n) is 7.27. The van der Waals surface area contributed by atoms with Crippen molar-refractivity contribution in [2.75, 3.05) is 18.0 Å². The molecule has 1 aromatic heterocycles. The van der Waals surface area contributed by atoms with Crippen molar-refractivity contribution in [2.24, 2.45) is 5.73 Å². The molecule has 0 saturated carbocycles. The number of alkyl halides is 3. The second kappa shape index (κ2) is 8.36. The van der Waals surface area contributed by atoms with Crippen molar-refractivity contribution >= 4 is 5.69 Å². The molecule has 0 bridgehead atoms. The number of ether oxygens (including phenoxy) is 1. The Bertz CT molecular complexity index is 991. The summed E-state index contributed by atoms with van der Waals surface area (Å²) in [6, 6.07) is 18.6. The van der Waals surface area contributed by atoms with Crippen LogP contribution in [-0.2, 0) is 12.7 Å². The van der Waals surface area contributed by atoms with E-state index < -0.39 is 11.7 Å². The molecule has 4 rings (SSSR count). The molecule has 1 aliphatic heterocycles. The van der Waals surface area contributed by atoms with Crippen LogP contribution in [0.4, 0.5) is 18.9 Å². The molecule has 7 heteroatoms. The zero-order chi connectivity index (χ0) is 21.1. The standard InChI is InChI=1S/C23H22F3N3O/c24-23(25,26)19-7-9-22(28-14-19)30-20-10-11-29(15-20)21-8-6-17(12-18(21)13-27)16-4-2-1-3-5-16/h1-9,12,14,20H,10-11,13,15,27H2/t20-/m0/s1. The molecule has 2 aromatic carbocycles. The van der Waals surface area contributed by atoms with Gasteiger partial charge in [-0.2, -0.15) is 13.2 Å². The molecule has 0 amide bonds. The van der Waals surface area contributed by atoms with Gasteiger partial charge in [0.05, 0.1) is 12.1 Å². The highest BCUT2D eigenvalue weighted by Crippen LogP contribution is 2.32. The monoisotopic (exact) mass is 413 g/mol. The Morgan fingerprint density at radius 3 is 2.50 bits per heavy atom. The second-order valence-corrected chi connectivity index (χ2v) is 7.27. The van der Waals surface area contributed by atoms with Crippen molar-refractivity contribution in [3.05, 3.63) is 78.0 Å². The molecule has 1 aliphatic rings. The zero-order valence-corrected chi connectivity index (χ0v) is 16.3. The van der Waals surface area contributed by atoms with Gasteiger partial charge in [-0.3, -0.25) is 0 Å². The number of anilines is 1. The van der Waals surface area contributed by atoms with Gasteiger partial charge >= 0.3 is 6.18 Å². The van der Waals surface area contributed by atoms with E-state index in [2.05, 4.69) is 40.2 Å².